The summed E-state index contributed by atoms with van der Waals surface area (Å²) >= 11 is 1.82. The van der Waals surface area contributed by atoms with Crippen LogP contribution in [0.5, 0.6) is 0 Å². The summed E-state index contributed by atoms with van der Waals surface area (Å²) in [4.78, 5) is 23.6. The molecule has 4 heteroatoms. The van der Waals surface area contributed by atoms with Gasteiger partial charge in [0.25, 0.3) is 0 Å². The maximum atomic E-state index is 12.7. The summed E-state index contributed by atoms with van der Waals surface area (Å²) < 4.78 is 0. The molecule has 0 bridgehead atoms. The Morgan fingerprint density at radius 3 is 2.52 bits per heavy atom. The first kappa shape index (κ1) is 19.2. The Balaban J connectivity index is 1.27. The van der Waals surface area contributed by atoms with Crippen molar-refractivity contribution < 1.29 is 4.79 Å². The van der Waals surface area contributed by atoms with Gasteiger partial charge in [0.15, 0.2) is 5.78 Å². The molecule has 0 spiro atoms. The largest absolute Gasteiger partial charge is 0.292 e. The molecule has 0 aromatic carbocycles. The molecule has 29 heavy (non-hydrogen) atoms. The van der Waals surface area contributed by atoms with Gasteiger partial charge in [-0.25, -0.2) is 4.98 Å². The second kappa shape index (κ2) is 8.51. The standard InChI is InChI=1S/C25H30N2OS/c28-24(19-7-2-1-3-8-19)22-13-11-20(16-26-22)25-27-21-12-9-18(10-14-23(21)29-25)15-17-5-4-6-17/h11,13,15-17,19H,1-10,12,14H2. The predicted molar refractivity (Wildman–Crippen MR) is 118 cm³/mol. The Hall–Kier alpha value is -1.81. The first-order valence-corrected chi connectivity index (χ1v) is 12.3. The molecule has 3 aliphatic rings. The zero-order valence-corrected chi connectivity index (χ0v) is 18.0. The van der Waals surface area contributed by atoms with Crippen molar-refractivity contribution in [1.82, 2.24) is 9.97 Å². The van der Waals surface area contributed by atoms with Crippen LogP contribution in [0.1, 0.15) is 85.3 Å². The highest BCUT2D eigenvalue weighted by molar-refractivity contribution is 7.15. The predicted octanol–water partition coefficient (Wildman–Crippen LogP) is 6.57. The highest BCUT2D eigenvalue weighted by Crippen LogP contribution is 2.36. The zero-order chi connectivity index (χ0) is 19.6. The Labute approximate surface area is 177 Å². The van der Waals surface area contributed by atoms with Crippen molar-refractivity contribution in [2.45, 2.75) is 77.0 Å². The van der Waals surface area contributed by atoms with Crippen LogP contribution in [0.2, 0.25) is 0 Å². The summed E-state index contributed by atoms with van der Waals surface area (Å²) in [6, 6.07) is 3.96. The van der Waals surface area contributed by atoms with E-state index >= 15 is 0 Å². The molecule has 2 fully saturated rings. The quantitative estimate of drug-likeness (QED) is 0.327. The number of fused-ring (bicyclic) bond motifs is 1. The van der Waals surface area contributed by atoms with Crippen LogP contribution in [0.4, 0.5) is 0 Å². The molecule has 0 atom stereocenters. The van der Waals surface area contributed by atoms with Crippen LogP contribution in [-0.4, -0.2) is 15.8 Å². The van der Waals surface area contributed by atoms with Crippen molar-refractivity contribution in [3.05, 3.63) is 46.2 Å². The van der Waals surface area contributed by atoms with Gasteiger partial charge in [-0.05, 0) is 69.4 Å². The van der Waals surface area contributed by atoms with Gasteiger partial charge in [-0.1, -0.05) is 37.3 Å². The maximum Gasteiger partial charge on any atom is 0.184 e. The number of hydrogen-bond donors (Lipinski definition) is 0. The molecule has 3 aliphatic carbocycles. The molecule has 152 valence electrons. The van der Waals surface area contributed by atoms with Crippen LogP contribution in [0.15, 0.2) is 30.0 Å². The number of allylic oxidation sites excluding steroid dienone is 2. The van der Waals surface area contributed by atoms with Gasteiger partial charge in [-0.15, -0.1) is 11.3 Å². The lowest BCUT2D eigenvalue weighted by Crippen LogP contribution is -2.18. The first-order valence-electron chi connectivity index (χ1n) is 11.4. The molecule has 5 rings (SSSR count). The van der Waals surface area contributed by atoms with Crippen LogP contribution in [-0.2, 0) is 12.8 Å². The van der Waals surface area contributed by atoms with Gasteiger partial charge in [-0.2, -0.15) is 0 Å². The summed E-state index contributed by atoms with van der Waals surface area (Å²) in [5.74, 6) is 1.27. The number of Topliss-reactive ketones (excluding diaryl/α,β-unsaturated/α-hetero) is 1. The van der Waals surface area contributed by atoms with E-state index in [-0.39, 0.29) is 11.7 Å². The number of nitrogens with zero attached hydrogens (tertiary/aromatic N) is 2. The minimum atomic E-state index is 0.181. The van der Waals surface area contributed by atoms with E-state index in [0.717, 1.165) is 42.2 Å². The van der Waals surface area contributed by atoms with E-state index in [1.807, 2.05) is 29.7 Å². The second-order valence-electron chi connectivity index (χ2n) is 9.04. The fourth-order valence-electron chi connectivity index (χ4n) is 4.92. The molecule has 2 aromatic rings. The lowest BCUT2D eigenvalue weighted by molar-refractivity contribution is 0.0884. The van der Waals surface area contributed by atoms with Crippen LogP contribution >= 0.6 is 11.3 Å². The molecular weight excluding hydrogens is 376 g/mol. The molecule has 0 N–H and O–H groups in total. The van der Waals surface area contributed by atoms with Crippen molar-refractivity contribution in [3.8, 4) is 10.6 Å². The maximum absolute atomic E-state index is 12.7. The number of ketones is 1. The Morgan fingerprint density at radius 1 is 0.966 bits per heavy atom. The molecule has 0 saturated heterocycles. The molecule has 0 aliphatic heterocycles. The molecule has 2 aromatic heterocycles. The van der Waals surface area contributed by atoms with E-state index in [2.05, 4.69) is 11.1 Å². The Kier molecular flexibility index (Phi) is 5.63. The summed E-state index contributed by atoms with van der Waals surface area (Å²) in [7, 11) is 0. The van der Waals surface area contributed by atoms with E-state index in [4.69, 9.17) is 4.98 Å². The van der Waals surface area contributed by atoms with Crippen molar-refractivity contribution in [2.75, 3.05) is 0 Å². The summed E-state index contributed by atoms with van der Waals surface area (Å²) in [6.07, 6.45) is 18.8. The topological polar surface area (TPSA) is 42.9 Å². The van der Waals surface area contributed by atoms with Crippen LogP contribution in [0, 0.1) is 11.8 Å². The molecular formula is C25H30N2OS. The van der Waals surface area contributed by atoms with Gasteiger partial charge < -0.3 is 0 Å². The third kappa shape index (κ3) is 4.23. The lowest BCUT2D eigenvalue weighted by Gasteiger charge is -2.23. The summed E-state index contributed by atoms with van der Waals surface area (Å²) in [5, 5.41) is 1.06. The number of carbonyl (C=O) groups excluding carboxylic acids is 1. The third-order valence-corrected chi connectivity index (χ3v) is 8.20. The molecule has 0 amide bonds. The van der Waals surface area contributed by atoms with Gasteiger partial charge in [0.1, 0.15) is 10.7 Å². The average Bonchev–Trinajstić information content (AvgIpc) is 3.06. The fraction of sp³-hybridized carbons (Fsp3) is 0.560. The first-order chi connectivity index (χ1) is 14.3. The zero-order valence-electron chi connectivity index (χ0n) is 17.2. The van der Waals surface area contributed by atoms with E-state index in [1.165, 1.54) is 61.9 Å². The number of hydrogen-bond acceptors (Lipinski definition) is 4. The third-order valence-electron chi connectivity index (χ3n) is 6.99. The van der Waals surface area contributed by atoms with Crippen molar-refractivity contribution in [1.29, 1.82) is 0 Å². The fourth-order valence-corrected chi connectivity index (χ4v) is 6.02. The second-order valence-corrected chi connectivity index (χ2v) is 10.1. The van der Waals surface area contributed by atoms with Gasteiger partial charge in [0.05, 0.1) is 5.69 Å². The Morgan fingerprint density at radius 2 is 1.79 bits per heavy atom. The number of carbonyl (C=O) groups is 1. The van der Waals surface area contributed by atoms with Crippen molar-refractivity contribution >= 4 is 17.1 Å². The molecule has 2 heterocycles. The molecule has 0 unspecified atom stereocenters. The van der Waals surface area contributed by atoms with Crippen LogP contribution < -0.4 is 0 Å². The number of thiazole rings is 1. The number of aryl methyl sites for hydroxylation is 2. The number of rotatable bonds is 4. The monoisotopic (exact) mass is 406 g/mol. The van der Waals surface area contributed by atoms with E-state index in [1.54, 1.807) is 5.57 Å². The summed E-state index contributed by atoms with van der Waals surface area (Å²) in [6.45, 7) is 0. The van der Waals surface area contributed by atoms with Gasteiger partial charge in [0, 0.05) is 22.6 Å². The molecule has 2 saturated carbocycles. The van der Waals surface area contributed by atoms with E-state index < -0.39 is 0 Å². The van der Waals surface area contributed by atoms with Crippen molar-refractivity contribution in [2.24, 2.45) is 11.8 Å². The van der Waals surface area contributed by atoms with Gasteiger partial charge in [0.2, 0.25) is 0 Å². The normalized spacial score (nSPS) is 22.1. The molecule has 0 radical (unpaired) electrons. The highest BCUT2D eigenvalue weighted by Gasteiger charge is 2.24. The van der Waals surface area contributed by atoms with Crippen LogP contribution in [0.25, 0.3) is 10.6 Å². The summed E-state index contributed by atoms with van der Waals surface area (Å²) in [5.41, 5.74) is 4.61. The SMILES string of the molecule is O=C(c1ccc(-c2nc3c(s2)CCC(=CC2CCC2)CC3)cn1)C1CCCCC1. The van der Waals surface area contributed by atoms with E-state index in [0.29, 0.717) is 5.69 Å². The minimum Gasteiger partial charge on any atom is -0.292 e. The van der Waals surface area contributed by atoms with Crippen molar-refractivity contribution in [3.63, 3.8) is 0 Å². The minimum absolute atomic E-state index is 0.181. The highest BCUT2D eigenvalue weighted by atomic mass is 32.1. The Bertz CT molecular complexity index is 874. The number of aromatic nitrogens is 2. The molecule has 3 nitrogen and oxygen atoms in total. The lowest BCUT2D eigenvalue weighted by atomic mass is 9.83. The van der Waals surface area contributed by atoms with Gasteiger partial charge >= 0.3 is 0 Å². The smallest absolute Gasteiger partial charge is 0.184 e. The van der Waals surface area contributed by atoms with Gasteiger partial charge in [-0.3, -0.25) is 9.78 Å². The number of pyridine rings is 1. The van der Waals surface area contributed by atoms with E-state index in [9.17, 15) is 4.79 Å². The average molecular weight is 407 g/mol. The van der Waals surface area contributed by atoms with Crippen LogP contribution in [0.3, 0.4) is 0 Å².